The van der Waals surface area contributed by atoms with Gasteiger partial charge in [0.2, 0.25) is 0 Å². The molecule has 2 unspecified atom stereocenters. The zero-order valence-corrected chi connectivity index (χ0v) is 9.96. The summed E-state index contributed by atoms with van der Waals surface area (Å²) < 4.78 is 5.17. The fourth-order valence-electron chi connectivity index (χ4n) is 2.63. The molecule has 2 nitrogen and oxygen atoms in total. The lowest BCUT2D eigenvalue weighted by Gasteiger charge is -2.18. The minimum absolute atomic E-state index is 0.0219. The highest BCUT2D eigenvalue weighted by Crippen LogP contribution is 2.62. The average Bonchev–Trinajstić information content (AvgIpc) is 2.58. The van der Waals surface area contributed by atoms with Gasteiger partial charge in [0.1, 0.15) is 0 Å². The first-order valence-electron chi connectivity index (χ1n) is 5.64. The Morgan fingerprint density at radius 3 is 2.14 bits per heavy atom. The van der Waals surface area contributed by atoms with Crippen LogP contribution in [0.1, 0.15) is 41.0 Å². The van der Waals surface area contributed by atoms with Crippen LogP contribution in [-0.2, 0) is 9.53 Å². The monoisotopic (exact) mass is 198 g/mol. The van der Waals surface area contributed by atoms with E-state index in [0.29, 0.717) is 24.4 Å². The zero-order chi connectivity index (χ0) is 10.9. The van der Waals surface area contributed by atoms with E-state index in [1.165, 1.54) is 0 Å². The van der Waals surface area contributed by atoms with Crippen LogP contribution in [0, 0.1) is 23.2 Å². The first-order valence-corrected chi connectivity index (χ1v) is 5.64. The molecule has 0 bridgehead atoms. The number of ether oxygens (including phenoxy) is 1. The highest BCUT2D eigenvalue weighted by atomic mass is 16.5. The van der Waals surface area contributed by atoms with Gasteiger partial charge in [0.15, 0.2) is 0 Å². The van der Waals surface area contributed by atoms with Crippen LogP contribution >= 0.6 is 0 Å². The standard InChI is InChI=1S/C12H22O2/c1-6-14-11(13)12(7-8(2)3)9(4)10(12)5/h8-10H,6-7H2,1-5H3. The normalized spacial score (nSPS) is 35.9. The quantitative estimate of drug-likeness (QED) is 0.649. The summed E-state index contributed by atoms with van der Waals surface area (Å²) in [6, 6.07) is 0. The van der Waals surface area contributed by atoms with Crippen LogP contribution < -0.4 is 0 Å². The smallest absolute Gasteiger partial charge is 0.312 e. The Bertz CT molecular complexity index is 212. The number of carbonyl (C=O) groups is 1. The molecular weight excluding hydrogens is 176 g/mol. The maximum atomic E-state index is 11.9. The lowest BCUT2D eigenvalue weighted by Crippen LogP contribution is -2.24. The number of hydrogen-bond acceptors (Lipinski definition) is 2. The van der Waals surface area contributed by atoms with E-state index in [-0.39, 0.29) is 11.4 Å². The third-order valence-corrected chi connectivity index (χ3v) is 3.67. The molecule has 1 aliphatic carbocycles. The molecule has 1 fully saturated rings. The van der Waals surface area contributed by atoms with Gasteiger partial charge in [-0.3, -0.25) is 4.79 Å². The minimum atomic E-state index is -0.163. The Hall–Kier alpha value is -0.530. The molecule has 0 heterocycles. The molecule has 0 aromatic rings. The molecule has 0 aromatic carbocycles. The predicted octanol–water partition coefficient (Wildman–Crippen LogP) is 2.87. The predicted molar refractivity (Wildman–Crippen MR) is 56.8 cm³/mol. The summed E-state index contributed by atoms with van der Waals surface area (Å²) in [6.07, 6.45) is 0.966. The van der Waals surface area contributed by atoms with Crippen LogP contribution in [0.3, 0.4) is 0 Å². The molecule has 14 heavy (non-hydrogen) atoms. The largest absolute Gasteiger partial charge is 0.466 e. The maximum absolute atomic E-state index is 11.9. The van der Waals surface area contributed by atoms with Crippen molar-refractivity contribution in [3.63, 3.8) is 0 Å². The highest BCUT2D eigenvalue weighted by Gasteiger charge is 2.65. The van der Waals surface area contributed by atoms with Crippen molar-refractivity contribution in [1.29, 1.82) is 0 Å². The van der Waals surface area contributed by atoms with Gasteiger partial charge in [-0.15, -0.1) is 0 Å². The third kappa shape index (κ3) is 1.67. The van der Waals surface area contributed by atoms with Gasteiger partial charge < -0.3 is 4.74 Å². The van der Waals surface area contributed by atoms with Gasteiger partial charge in [0, 0.05) is 0 Å². The molecule has 0 saturated heterocycles. The summed E-state index contributed by atoms with van der Waals surface area (Å²) in [5.41, 5.74) is -0.163. The zero-order valence-electron chi connectivity index (χ0n) is 9.96. The Morgan fingerprint density at radius 1 is 1.36 bits per heavy atom. The van der Waals surface area contributed by atoms with Gasteiger partial charge in [0.05, 0.1) is 12.0 Å². The number of esters is 1. The van der Waals surface area contributed by atoms with Crippen LogP contribution in [0.25, 0.3) is 0 Å². The molecule has 1 saturated carbocycles. The van der Waals surface area contributed by atoms with Gasteiger partial charge in [-0.25, -0.2) is 0 Å². The van der Waals surface area contributed by atoms with Gasteiger partial charge in [0.25, 0.3) is 0 Å². The topological polar surface area (TPSA) is 26.3 Å². The molecule has 0 aromatic heterocycles. The van der Waals surface area contributed by atoms with Gasteiger partial charge in [-0.2, -0.15) is 0 Å². The van der Waals surface area contributed by atoms with Gasteiger partial charge in [-0.1, -0.05) is 27.7 Å². The minimum Gasteiger partial charge on any atom is -0.466 e. The summed E-state index contributed by atoms with van der Waals surface area (Å²) >= 11 is 0. The molecule has 0 amide bonds. The molecule has 2 heteroatoms. The molecule has 0 N–H and O–H groups in total. The van der Waals surface area contributed by atoms with Crippen LogP contribution in [0.4, 0.5) is 0 Å². The van der Waals surface area contributed by atoms with E-state index in [9.17, 15) is 4.79 Å². The average molecular weight is 198 g/mol. The van der Waals surface area contributed by atoms with E-state index in [2.05, 4.69) is 27.7 Å². The Morgan fingerprint density at radius 2 is 1.86 bits per heavy atom. The second kappa shape index (κ2) is 3.92. The van der Waals surface area contributed by atoms with Gasteiger partial charge >= 0.3 is 5.97 Å². The van der Waals surface area contributed by atoms with E-state index < -0.39 is 0 Å². The van der Waals surface area contributed by atoms with E-state index >= 15 is 0 Å². The van der Waals surface area contributed by atoms with Gasteiger partial charge in [-0.05, 0) is 31.1 Å². The Labute approximate surface area is 87.0 Å². The molecule has 82 valence electrons. The lowest BCUT2D eigenvalue weighted by molar-refractivity contribution is -0.151. The van der Waals surface area contributed by atoms with Crippen molar-refractivity contribution >= 4 is 5.97 Å². The Kier molecular flexibility index (Phi) is 3.23. The number of carbonyl (C=O) groups excluding carboxylic acids is 1. The van der Waals surface area contributed by atoms with Crippen molar-refractivity contribution in [2.24, 2.45) is 23.2 Å². The van der Waals surface area contributed by atoms with Crippen molar-refractivity contribution in [3.8, 4) is 0 Å². The molecule has 0 aliphatic heterocycles. The summed E-state index contributed by atoms with van der Waals surface area (Å²) in [5.74, 6) is 1.56. The first-order chi connectivity index (χ1) is 6.46. The molecule has 2 atom stereocenters. The summed E-state index contributed by atoms with van der Waals surface area (Å²) in [7, 11) is 0. The lowest BCUT2D eigenvalue weighted by atomic mass is 9.91. The maximum Gasteiger partial charge on any atom is 0.312 e. The fraction of sp³-hybridized carbons (Fsp3) is 0.917. The van der Waals surface area contributed by atoms with Crippen LogP contribution in [0.2, 0.25) is 0 Å². The summed E-state index contributed by atoms with van der Waals surface area (Å²) in [5, 5.41) is 0. The second-order valence-corrected chi connectivity index (χ2v) is 4.94. The van der Waals surface area contributed by atoms with E-state index in [1.54, 1.807) is 0 Å². The van der Waals surface area contributed by atoms with Crippen molar-refractivity contribution in [3.05, 3.63) is 0 Å². The fourth-order valence-corrected chi connectivity index (χ4v) is 2.63. The molecule has 1 rings (SSSR count). The number of hydrogen-bond donors (Lipinski definition) is 0. The van der Waals surface area contributed by atoms with Crippen LogP contribution in [0.15, 0.2) is 0 Å². The van der Waals surface area contributed by atoms with Crippen LogP contribution in [-0.4, -0.2) is 12.6 Å². The third-order valence-electron chi connectivity index (χ3n) is 3.67. The van der Waals surface area contributed by atoms with Crippen molar-refractivity contribution in [2.75, 3.05) is 6.61 Å². The molecule has 0 spiro atoms. The number of rotatable bonds is 4. The van der Waals surface area contributed by atoms with E-state index in [1.807, 2.05) is 6.92 Å². The molecule has 0 radical (unpaired) electrons. The summed E-state index contributed by atoms with van der Waals surface area (Å²) in [6.45, 7) is 11.0. The molecule has 1 aliphatic rings. The van der Waals surface area contributed by atoms with Crippen molar-refractivity contribution in [2.45, 2.75) is 41.0 Å². The molecular formula is C12H22O2. The van der Waals surface area contributed by atoms with Crippen LogP contribution in [0.5, 0.6) is 0 Å². The highest BCUT2D eigenvalue weighted by molar-refractivity contribution is 5.81. The SMILES string of the molecule is CCOC(=O)C1(CC(C)C)C(C)C1C. The van der Waals surface area contributed by atoms with Crippen molar-refractivity contribution in [1.82, 2.24) is 0 Å². The van der Waals surface area contributed by atoms with E-state index in [0.717, 1.165) is 6.42 Å². The van der Waals surface area contributed by atoms with Crippen molar-refractivity contribution < 1.29 is 9.53 Å². The van der Waals surface area contributed by atoms with E-state index in [4.69, 9.17) is 4.74 Å². The first kappa shape index (κ1) is 11.5. The summed E-state index contributed by atoms with van der Waals surface area (Å²) in [4.78, 5) is 11.9. The Balaban J connectivity index is 2.70. The second-order valence-electron chi connectivity index (χ2n) is 4.94.